The summed E-state index contributed by atoms with van der Waals surface area (Å²) in [5.74, 6) is -2.48. The van der Waals surface area contributed by atoms with Gasteiger partial charge in [0.2, 0.25) is 11.5 Å². The van der Waals surface area contributed by atoms with Crippen molar-refractivity contribution in [1.82, 2.24) is 20.3 Å². The van der Waals surface area contributed by atoms with Crippen molar-refractivity contribution in [1.29, 1.82) is 0 Å². The number of alkyl halides is 3. The van der Waals surface area contributed by atoms with E-state index in [1.807, 2.05) is 0 Å². The number of ether oxygens (including phenoxy) is 1. The highest BCUT2D eigenvalue weighted by atomic mass is 19.4. The van der Waals surface area contributed by atoms with Gasteiger partial charge in [0, 0.05) is 22.7 Å². The SMILES string of the molecule is C[C@]1(C(N)=O)COc2c1cc(C(O)(CNC(=O)c1ccc3cc[nH]c3n1)C(F)(F)F)nc2-c1ccc(F)cc1. The number of H-pyrrole nitrogens is 1. The van der Waals surface area contributed by atoms with Crippen LogP contribution in [0.3, 0.4) is 0 Å². The number of nitrogens with zero attached hydrogens (tertiary/aromatic N) is 2. The molecule has 2 amide bonds. The Morgan fingerprint density at radius 1 is 1.15 bits per heavy atom. The average Bonchev–Trinajstić information content (AvgIpc) is 3.51. The lowest BCUT2D eigenvalue weighted by molar-refractivity contribution is -0.265. The predicted octanol–water partition coefficient (Wildman–Crippen LogP) is 3.08. The monoisotopic (exact) mass is 543 g/mol. The smallest absolute Gasteiger partial charge is 0.424 e. The minimum absolute atomic E-state index is 0.0244. The van der Waals surface area contributed by atoms with E-state index in [2.05, 4.69) is 20.3 Å². The number of halogens is 4. The number of primary amides is 1. The Bertz CT molecular complexity index is 1600. The van der Waals surface area contributed by atoms with E-state index in [1.54, 1.807) is 18.3 Å². The highest BCUT2D eigenvalue weighted by Gasteiger charge is 2.57. The number of fused-ring (bicyclic) bond motifs is 2. The molecule has 3 aromatic heterocycles. The van der Waals surface area contributed by atoms with E-state index in [0.717, 1.165) is 18.2 Å². The molecule has 1 aromatic carbocycles. The molecule has 1 aliphatic heterocycles. The number of aromatic amines is 1. The second-order valence-corrected chi connectivity index (χ2v) is 9.38. The first kappa shape index (κ1) is 26.1. The van der Waals surface area contributed by atoms with Crippen molar-refractivity contribution in [3.05, 3.63) is 77.5 Å². The molecule has 1 aliphatic rings. The molecule has 13 heteroatoms. The van der Waals surface area contributed by atoms with Gasteiger partial charge in [-0.3, -0.25) is 9.59 Å². The summed E-state index contributed by atoms with van der Waals surface area (Å²) >= 11 is 0. The maximum atomic E-state index is 14.5. The Balaban J connectivity index is 1.59. The summed E-state index contributed by atoms with van der Waals surface area (Å²) in [6.45, 7) is -0.232. The second-order valence-electron chi connectivity index (χ2n) is 9.38. The van der Waals surface area contributed by atoms with E-state index in [1.165, 1.54) is 25.1 Å². The predicted molar refractivity (Wildman–Crippen MR) is 130 cm³/mol. The summed E-state index contributed by atoms with van der Waals surface area (Å²) in [6.07, 6.45) is -3.75. The molecule has 5 rings (SSSR count). The summed E-state index contributed by atoms with van der Waals surface area (Å²) in [6, 6.07) is 10.2. The number of nitrogens with one attached hydrogen (secondary N) is 2. The van der Waals surface area contributed by atoms with Crippen molar-refractivity contribution in [2.75, 3.05) is 13.2 Å². The second kappa shape index (κ2) is 9.05. The van der Waals surface area contributed by atoms with Gasteiger partial charge in [-0.2, -0.15) is 13.2 Å². The molecule has 0 spiro atoms. The third kappa shape index (κ3) is 4.34. The van der Waals surface area contributed by atoms with Crippen LogP contribution in [-0.2, 0) is 15.8 Å². The zero-order valence-electron chi connectivity index (χ0n) is 20.3. The Labute approximate surface area is 218 Å². The molecule has 9 nitrogen and oxygen atoms in total. The van der Waals surface area contributed by atoms with Gasteiger partial charge in [0.15, 0.2) is 0 Å². The molecule has 0 saturated heterocycles. The van der Waals surface area contributed by atoms with Gasteiger partial charge in [-0.1, -0.05) is 0 Å². The Kier molecular flexibility index (Phi) is 6.06. The molecule has 2 atom stereocenters. The lowest BCUT2D eigenvalue weighted by Crippen LogP contribution is -2.52. The number of amides is 2. The van der Waals surface area contributed by atoms with Crippen molar-refractivity contribution in [3.8, 4) is 17.0 Å². The molecule has 4 heterocycles. The van der Waals surface area contributed by atoms with Gasteiger partial charge in [-0.15, -0.1) is 0 Å². The van der Waals surface area contributed by atoms with Gasteiger partial charge in [0.05, 0.1) is 12.2 Å². The van der Waals surface area contributed by atoms with Crippen molar-refractivity contribution in [3.63, 3.8) is 0 Å². The van der Waals surface area contributed by atoms with Crippen LogP contribution in [0, 0.1) is 5.82 Å². The van der Waals surface area contributed by atoms with Crippen LogP contribution in [0.4, 0.5) is 17.6 Å². The zero-order valence-corrected chi connectivity index (χ0v) is 20.3. The molecule has 0 bridgehead atoms. The number of carbonyl (C=O) groups excluding carboxylic acids is 2. The summed E-state index contributed by atoms with van der Waals surface area (Å²) in [5, 5.41) is 13.8. The van der Waals surface area contributed by atoms with Crippen molar-refractivity contribution in [2.24, 2.45) is 5.73 Å². The Morgan fingerprint density at radius 3 is 2.54 bits per heavy atom. The van der Waals surface area contributed by atoms with E-state index >= 15 is 0 Å². The molecule has 0 fully saturated rings. The lowest BCUT2D eigenvalue weighted by Gasteiger charge is -2.31. The maximum Gasteiger partial charge on any atom is 0.424 e. The molecule has 0 saturated carbocycles. The van der Waals surface area contributed by atoms with Crippen LogP contribution in [0.5, 0.6) is 5.75 Å². The molecular weight excluding hydrogens is 522 g/mol. The molecule has 202 valence electrons. The Morgan fingerprint density at radius 2 is 1.87 bits per heavy atom. The van der Waals surface area contributed by atoms with Crippen molar-refractivity contribution < 1.29 is 37.0 Å². The number of carbonyl (C=O) groups is 2. The van der Waals surface area contributed by atoms with Crippen LogP contribution in [-0.4, -0.2) is 51.2 Å². The maximum absolute atomic E-state index is 14.5. The van der Waals surface area contributed by atoms with E-state index < -0.39 is 47.1 Å². The van der Waals surface area contributed by atoms with E-state index in [0.29, 0.717) is 11.0 Å². The fourth-order valence-electron chi connectivity index (χ4n) is 4.29. The number of aromatic nitrogens is 3. The van der Waals surface area contributed by atoms with Crippen molar-refractivity contribution >= 4 is 22.8 Å². The third-order valence-corrected chi connectivity index (χ3v) is 6.77. The largest absolute Gasteiger partial charge is 0.489 e. The molecule has 0 radical (unpaired) electrons. The van der Waals surface area contributed by atoms with Gasteiger partial charge in [-0.25, -0.2) is 14.4 Å². The van der Waals surface area contributed by atoms with Crippen LogP contribution in [0.2, 0.25) is 0 Å². The minimum Gasteiger partial charge on any atom is -0.489 e. The molecule has 1 unspecified atom stereocenters. The first-order valence-corrected chi connectivity index (χ1v) is 11.6. The summed E-state index contributed by atoms with van der Waals surface area (Å²) < 4.78 is 62.6. The summed E-state index contributed by atoms with van der Waals surface area (Å²) in [5.41, 5.74) is -0.482. The normalized spacial score (nSPS) is 18.3. The first-order valence-electron chi connectivity index (χ1n) is 11.6. The fraction of sp³-hybridized carbons (Fsp3) is 0.231. The summed E-state index contributed by atoms with van der Waals surface area (Å²) in [4.78, 5) is 35.9. The minimum atomic E-state index is -5.33. The number of benzene rings is 1. The van der Waals surface area contributed by atoms with Crippen LogP contribution in [0.15, 0.2) is 54.7 Å². The topological polar surface area (TPSA) is 143 Å². The summed E-state index contributed by atoms with van der Waals surface area (Å²) in [7, 11) is 0. The van der Waals surface area contributed by atoms with Gasteiger partial charge < -0.3 is 25.9 Å². The molecule has 0 aliphatic carbocycles. The average molecular weight is 543 g/mol. The van der Waals surface area contributed by atoms with E-state index in [4.69, 9.17) is 10.5 Å². The van der Waals surface area contributed by atoms with Gasteiger partial charge in [-0.05, 0) is 55.5 Å². The van der Waals surface area contributed by atoms with E-state index in [-0.39, 0.29) is 34.9 Å². The van der Waals surface area contributed by atoms with Gasteiger partial charge in [0.1, 0.15) is 40.6 Å². The number of rotatable bonds is 6. The van der Waals surface area contributed by atoms with Crippen LogP contribution >= 0.6 is 0 Å². The van der Waals surface area contributed by atoms with Crippen LogP contribution < -0.4 is 15.8 Å². The number of hydrogen-bond donors (Lipinski definition) is 4. The van der Waals surface area contributed by atoms with Crippen molar-refractivity contribution in [2.45, 2.75) is 24.1 Å². The number of pyridine rings is 2. The number of hydrogen-bond acceptors (Lipinski definition) is 6. The zero-order chi connectivity index (χ0) is 28.2. The lowest BCUT2D eigenvalue weighted by atomic mass is 9.81. The molecule has 39 heavy (non-hydrogen) atoms. The van der Waals surface area contributed by atoms with Gasteiger partial charge in [0.25, 0.3) is 5.91 Å². The number of aliphatic hydroxyl groups is 1. The first-order chi connectivity index (χ1) is 18.3. The fourth-order valence-corrected chi connectivity index (χ4v) is 4.29. The highest BCUT2D eigenvalue weighted by molar-refractivity contribution is 5.94. The standard InChI is InChI=1S/C26H21F4N5O4/c1-24(23(31)37)12-39-20-16(24)10-18(35-19(20)13-2-5-15(27)6-3-13)25(38,26(28,29)30)11-33-22(36)17-7-4-14-8-9-32-21(14)34-17/h2-10,38H,11-12H2,1H3,(H2,31,37)(H,32,34)(H,33,36)/t24-,25?/m0/s1. The van der Waals surface area contributed by atoms with Gasteiger partial charge >= 0.3 is 6.18 Å². The van der Waals surface area contributed by atoms with Crippen LogP contribution in [0.1, 0.15) is 28.7 Å². The quantitative estimate of drug-likeness (QED) is 0.275. The Hall–Kier alpha value is -4.52. The molecule has 5 N–H and O–H groups in total. The van der Waals surface area contributed by atoms with Crippen LogP contribution in [0.25, 0.3) is 22.3 Å². The highest BCUT2D eigenvalue weighted by Crippen LogP contribution is 2.47. The third-order valence-electron chi connectivity index (χ3n) is 6.77. The number of nitrogens with two attached hydrogens (primary N) is 1. The molecular formula is C26H21F4N5O4. The molecule has 4 aromatic rings. The van der Waals surface area contributed by atoms with E-state index in [9.17, 15) is 32.3 Å².